The van der Waals surface area contributed by atoms with E-state index < -0.39 is 0 Å². The van der Waals surface area contributed by atoms with Gasteiger partial charge in [-0.25, -0.2) is 0 Å². The van der Waals surface area contributed by atoms with Gasteiger partial charge in [0.15, 0.2) is 0 Å². The van der Waals surface area contributed by atoms with Crippen molar-refractivity contribution in [3.8, 4) is 0 Å². The van der Waals surface area contributed by atoms with E-state index in [0.717, 1.165) is 19.4 Å². The van der Waals surface area contributed by atoms with Crippen molar-refractivity contribution in [2.24, 2.45) is 5.92 Å². The van der Waals surface area contributed by atoms with E-state index in [0.29, 0.717) is 30.3 Å². The van der Waals surface area contributed by atoms with Crippen molar-refractivity contribution in [2.45, 2.75) is 58.0 Å². The lowest BCUT2D eigenvalue weighted by molar-refractivity contribution is -0.122. The molecule has 1 aliphatic heterocycles. The Kier molecular flexibility index (Phi) is 7.91. The molecule has 3 nitrogen and oxygen atoms in total. The first kappa shape index (κ1) is 19.0. The molecule has 1 saturated heterocycles. The average molecular weight is 325 g/mol. The average Bonchev–Trinajstić information content (AvgIpc) is 2.45. The summed E-state index contributed by atoms with van der Waals surface area (Å²) < 4.78 is 0. The van der Waals surface area contributed by atoms with Gasteiger partial charge in [0.1, 0.15) is 0 Å². The first-order chi connectivity index (χ1) is 10.1. The molecule has 1 heterocycles. The van der Waals surface area contributed by atoms with Gasteiger partial charge in [0, 0.05) is 18.5 Å². The van der Waals surface area contributed by atoms with Gasteiger partial charge in [0.25, 0.3) is 0 Å². The second-order valence-electron chi connectivity index (χ2n) is 6.61. The summed E-state index contributed by atoms with van der Waals surface area (Å²) in [6.07, 6.45) is 2.65. The molecule has 0 aromatic heterocycles. The van der Waals surface area contributed by atoms with Crippen molar-refractivity contribution in [2.75, 3.05) is 6.54 Å². The second-order valence-corrected chi connectivity index (χ2v) is 6.61. The summed E-state index contributed by atoms with van der Waals surface area (Å²) in [6.45, 7) is 7.56. The van der Waals surface area contributed by atoms with Gasteiger partial charge < -0.3 is 10.6 Å². The van der Waals surface area contributed by atoms with Crippen molar-refractivity contribution in [3.63, 3.8) is 0 Å². The highest BCUT2D eigenvalue weighted by molar-refractivity contribution is 5.85. The van der Waals surface area contributed by atoms with Crippen LogP contribution in [0, 0.1) is 5.92 Å². The Morgan fingerprint density at radius 2 is 2.00 bits per heavy atom. The molecule has 0 spiro atoms. The lowest BCUT2D eigenvalue weighted by atomic mass is 9.85. The maximum absolute atomic E-state index is 12.4. The second kappa shape index (κ2) is 9.16. The van der Waals surface area contributed by atoms with Gasteiger partial charge in [0.05, 0.1) is 0 Å². The fraction of sp³-hybridized carbons (Fsp3) is 0.611. The molecular formula is C18H29ClN2O. The number of rotatable bonds is 5. The van der Waals surface area contributed by atoms with Gasteiger partial charge in [-0.05, 0) is 43.7 Å². The summed E-state index contributed by atoms with van der Waals surface area (Å²) in [6, 6.07) is 11.2. The Morgan fingerprint density at radius 1 is 1.32 bits per heavy atom. The molecule has 22 heavy (non-hydrogen) atoms. The molecule has 0 saturated carbocycles. The molecule has 3 unspecified atom stereocenters. The molecule has 0 aliphatic carbocycles. The Morgan fingerprint density at radius 3 is 2.59 bits per heavy atom. The van der Waals surface area contributed by atoms with Crippen LogP contribution in [0.25, 0.3) is 0 Å². The number of amides is 1. The third-order valence-electron chi connectivity index (χ3n) is 4.43. The number of hydrogen-bond acceptors (Lipinski definition) is 2. The fourth-order valence-electron chi connectivity index (χ4n) is 3.19. The third kappa shape index (κ3) is 5.62. The van der Waals surface area contributed by atoms with Crippen LogP contribution in [0.3, 0.4) is 0 Å². The Balaban J connectivity index is 0.00000242. The summed E-state index contributed by atoms with van der Waals surface area (Å²) in [5, 5.41) is 6.64. The fourth-order valence-corrected chi connectivity index (χ4v) is 3.19. The van der Waals surface area contributed by atoms with Gasteiger partial charge in [-0.15, -0.1) is 12.4 Å². The van der Waals surface area contributed by atoms with Gasteiger partial charge >= 0.3 is 0 Å². The largest absolute Gasteiger partial charge is 0.353 e. The normalized spacial score (nSPS) is 22.7. The van der Waals surface area contributed by atoms with Gasteiger partial charge in [-0.3, -0.25) is 4.79 Å². The number of nitrogens with one attached hydrogen (secondary N) is 2. The zero-order valence-electron chi connectivity index (χ0n) is 13.8. The lowest BCUT2D eigenvalue weighted by Gasteiger charge is -2.29. The first-order valence-corrected chi connectivity index (χ1v) is 8.14. The van der Waals surface area contributed by atoms with E-state index in [-0.39, 0.29) is 18.3 Å². The molecule has 3 atom stereocenters. The standard InChI is InChI=1S/C18H28N2O.ClH/c1-13(2)17(15-7-5-4-6-8-15)12-18(21)20-16-9-10-19-14(3)11-16;/h4-8,13-14,16-17,19H,9-12H2,1-3H3,(H,20,21);1H. The predicted molar refractivity (Wildman–Crippen MR) is 94.5 cm³/mol. The van der Waals surface area contributed by atoms with Crippen LogP contribution in [0.15, 0.2) is 30.3 Å². The first-order valence-electron chi connectivity index (χ1n) is 8.14. The van der Waals surface area contributed by atoms with Gasteiger partial charge in [-0.2, -0.15) is 0 Å². The quantitative estimate of drug-likeness (QED) is 0.870. The molecule has 1 fully saturated rings. The predicted octanol–water partition coefficient (Wildman–Crippen LogP) is 3.49. The van der Waals surface area contributed by atoms with Crippen molar-refractivity contribution >= 4 is 18.3 Å². The maximum Gasteiger partial charge on any atom is 0.220 e. The van der Waals surface area contributed by atoms with Crippen LogP contribution in [0.1, 0.15) is 51.5 Å². The summed E-state index contributed by atoms with van der Waals surface area (Å²) in [7, 11) is 0. The van der Waals surface area contributed by atoms with Crippen LogP contribution in [-0.4, -0.2) is 24.5 Å². The smallest absolute Gasteiger partial charge is 0.220 e. The number of benzene rings is 1. The van der Waals surface area contributed by atoms with Crippen molar-refractivity contribution in [1.82, 2.24) is 10.6 Å². The monoisotopic (exact) mass is 324 g/mol. The molecule has 124 valence electrons. The van der Waals surface area contributed by atoms with Crippen molar-refractivity contribution in [3.05, 3.63) is 35.9 Å². The zero-order valence-corrected chi connectivity index (χ0v) is 14.7. The summed E-state index contributed by atoms with van der Waals surface area (Å²) in [5.41, 5.74) is 1.27. The topological polar surface area (TPSA) is 41.1 Å². The number of piperidine rings is 1. The van der Waals surface area contributed by atoms with Gasteiger partial charge in [-0.1, -0.05) is 44.2 Å². The molecule has 1 aliphatic rings. The van der Waals surface area contributed by atoms with E-state index in [9.17, 15) is 4.79 Å². The van der Waals surface area contributed by atoms with Crippen LogP contribution in [0.2, 0.25) is 0 Å². The number of carbonyl (C=O) groups excluding carboxylic acids is 1. The molecular weight excluding hydrogens is 296 g/mol. The number of hydrogen-bond donors (Lipinski definition) is 2. The summed E-state index contributed by atoms with van der Waals surface area (Å²) in [5.74, 6) is 0.951. The van der Waals surface area contributed by atoms with Crippen LogP contribution >= 0.6 is 12.4 Å². The molecule has 0 radical (unpaired) electrons. The van der Waals surface area contributed by atoms with Crippen molar-refractivity contribution < 1.29 is 4.79 Å². The van der Waals surface area contributed by atoms with E-state index in [1.165, 1.54) is 5.56 Å². The minimum Gasteiger partial charge on any atom is -0.353 e. The minimum atomic E-state index is 0. The highest BCUT2D eigenvalue weighted by Crippen LogP contribution is 2.27. The molecule has 1 amide bonds. The van der Waals surface area contributed by atoms with Crippen LogP contribution < -0.4 is 10.6 Å². The number of carbonyl (C=O) groups is 1. The third-order valence-corrected chi connectivity index (χ3v) is 4.43. The molecule has 2 rings (SSSR count). The summed E-state index contributed by atoms with van der Waals surface area (Å²) >= 11 is 0. The molecule has 4 heteroatoms. The molecule has 1 aromatic rings. The zero-order chi connectivity index (χ0) is 15.2. The van der Waals surface area contributed by atoms with E-state index in [4.69, 9.17) is 0 Å². The highest BCUT2D eigenvalue weighted by Gasteiger charge is 2.23. The minimum absolute atomic E-state index is 0. The van der Waals surface area contributed by atoms with Crippen LogP contribution in [0.5, 0.6) is 0 Å². The number of halogens is 1. The van der Waals surface area contributed by atoms with Crippen LogP contribution in [-0.2, 0) is 4.79 Å². The van der Waals surface area contributed by atoms with E-state index >= 15 is 0 Å². The van der Waals surface area contributed by atoms with E-state index in [2.05, 4.69) is 55.7 Å². The van der Waals surface area contributed by atoms with Gasteiger partial charge in [0.2, 0.25) is 5.91 Å². The van der Waals surface area contributed by atoms with E-state index in [1.54, 1.807) is 0 Å². The molecule has 0 bridgehead atoms. The Labute approximate surface area is 140 Å². The summed E-state index contributed by atoms with van der Waals surface area (Å²) in [4.78, 5) is 12.4. The Hall–Kier alpha value is -1.06. The lowest BCUT2D eigenvalue weighted by Crippen LogP contribution is -2.46. The van der Waals surface area contributed by atoms with Crippen molar-refractivity contribution in [1.29, 1.82) is 0 Å². The van der Waals surface area contributed by atoms with E-state index in [1.807, 2.05) is 6.07 Å². The molecule has 2 N–H and O–H groups in total. The SMILES string of the molecule is CC1CC(NC(=O)CC(c2ccccc2)C(C)C)CCN1.Cl. The Bertz CT molecular complexity index is 450. The maximum atomic E-state index is 12.4. The molecule has 1 aromatic carbocycles. The highest BCUT2D eigenvalue weighted by atomic mass is 35.5. The van der Waals surface area contributed by atoms with Crippen LogP contribution in [0.4, 0.5) is 0 Å².